The molecule has 11 heavy (non-hydrogen) atoms. The van der Waals surface area contributed by atoms with E-state index in [-0.39, 0.29) is 12.4 Å². The van der Waals surface area contributed by atoms with Crippen LogP contribution >= 0.6 is 0 Å². The summed E-state index contributed by atoms with van der Waals surface area (Å²) in [6.07, 6.45) is 5.95. The van der Waals surface area contributed by atoms with Gasteiger partial charge in [0.1, 0.15) is 12.4 Å². The number of halogens is 1. The third-order valence-corrected chi connectivity index (χ3v) is 1.38. The highest BCUT2D eigenvalue weighted by Gasteiger charge is 2.08. The molecule has 0 aliphatic heterocycles. The molecule has 0 bridgehead atoms. The van der Waals surface area contributed by atoms with Crippen molar-refractivity contribution in [1.82, 2.24) is 4.57 Å². The summed E-state index contributed by atoms with van der Waals surface area (Å²) in [5.41, 5.74) is 0. The topological polar surface area (TPSA) is 25.9 Å². The summed E-state index contributed by atoms with van der Waals surface area (Å²) < 4.78 is 3.39. The Labute approximate surface area is 71.4 Å². The fraction of sp³-hybridized carbons (Fsp3) is 0.143. The molecular formula is C7H9ClN2O. The number of carbonyl (C=O) groups excluding carboxylic acids is 1. The average molecular weight is 173 g/mol. The molecule has 0 aliphatic rings. The lowest BCUT2D eigenvalue weighted by atomic mass is 10.6. The summed E-state index contributed by atoms with van der Waals surface area (Å²) in [6.45, 7) is 3.54. The van der Waals surface area contributed by atoms with Gasteiger partial charge in [0.2, 0.25) is 6.29 Å². The molecule has 3 nitrogen and oxygen atoms in total. The van der Waals surface area contributed by atoms with Crippen LogP contribution in [0.15, 0.2) is 19.0 Å². The Balaban J connectivity index is 0.000001000. The number of imidazole rings is 1. The molecule has 60 valence electrons. The lowest BCUT2D eigenvalue weighted by Crippen LogP contribution is -3.00. The molecule has 0 atom stereocenters. The van der Waals surface area contributed by atoms with Crippen LogP contribution < -0.4 is 17.0 Å². The average Bonchev–Trinajstić information content (AvgIpc) is 2.30. The zero-order valence-electron chi connectivity index (χ0n) is 6.20. The van der Waals surface area contributed by atoms with Gasteiger partial charge in [-0.15, -0.1) is 0 Å². The zero-order chi connectivity index (χ0) is 7.56. The summed E-state index contributed by atoms with van der Waals surface area (Å²) in [6, 6.07) is 0. The molecule has 0 aromatic carbocycles. The number of hydrogen-bond acceptors (Lipinski definition) is 1. The van der Waals surface area contributed by atoms with Crippen LogP contribution in [-0.2, 0) is 7.05 Å². The summed E-state index contributed by atoms with van der Waals surface area (Å²) in [4.78, 5) is 10.4. The molecule has 0 fully saturated rings. The van der Waals surface area contributed by atoms with E-state index in [9.17, 15) is 4.79 Å². The third-order valence-electron chi connectivity index (χ3n) is 1.38. The molecule has 0 spiro atoms. The number of rotatable bonds is 2. The van der Waals surface area contributed by atoms with Crippen LogP contribution in [0.4, 0.5) is 0 Å². The molecular weight excluding hydrogens is 164 g/mol. The van der Waals surface area contributed by atoms with E-state index in [0.717, 1.165) is 6.29 Å². The Morgan fingerprint density at radius 2 is 2.36 bits per heavy atom. The molecule has 0 aliphatic carbocycles. The molecule has 4 heteroatoms. The first-order chi connectivity index (χ1) is 4.79. The van der Waals surface area contributed by atoms with Gasteiger partial charge in [0.05, 0.1) is 13.2 Å². The van der Waals surface area contributed by atoms with Crippen molar-refractivity contribution in [3.63, 3.8) is 0 Å². The van der Waals surface area contributed by atoms with Crippen LogP contribution in [0.2, 0.25) is 0 Å². The Morgan fingerprint density at radius 3 is 2.73 bits per heavy atom. The normalized spacial score (nSPS) is 8.45. The van der Waals surface area contributed by atoms with E-state index >= 15 is 0 Å². The van der Waals surface area contributed by atoms with Gasteiger partial charge in [0.15, 0.2) is 0 Å². The summed E-state index contributed by atoms with van der Waals surface area (Å²) >= 11 is 0. The predicted molar refractivity (Wildman–Crippen MR) is 37.4 cm³/mol. The molecule has 1 aromatic heterocycles. The highest BCUT2D eigenvalue weighted by molar-refractivity contribution is 5.68. The van der Waals surface area contributed by atoms with Crippen molar-refractivity contribution in [3.8, 4) is 0 Å². The number of carbonyl (C=O) groups is 1. The number of hydrogen-bond donors (Lipinski definition) is 0. The van der Waals surface area contributed by atoms with E-state index in [1.807, 2.05) is 7.05 Å². The standard InChI is InChI=1S/C7H9N2O.ClH/c1-3-9-5-4-8(2)7(9)6-10;/h3-6H,1H2,2H3;1H/q+1;/p-1. The molecule has 0 unspecified atom stereocenters. The van der Waals surface area contributed by atoms with Gasteiger partial charge in [-0.05, 0) is 0 Å². The second-order valence-electron chi connectivity index (χ2n) is 1.97. The van der Waals surface area contributed by atoms with E-state index < -0.39 is 0 Å². The van der Waals surface area contributed by atoms with Gasteiger partial charge in [-0.3, -0.25) is 4.79 Å². The molecule has 0 amide bonds. The number of nitrogens with zero attached hydrogens (tertiary/aromatic N) is 2. The summed E-state index contributed by atoms with van der Waals surface area (Å²) in [5.74, 6) is 0.593. The van der Waals surface area contributed by atoms with Gasteiger partial charge in [0.25, 0.3) is 0 Å². The quantitative estimate of drug-likeness (QED) is 0.351. The van der Waals surface area contributed by atoms with Crippen LogP contribution in [0, 0.1) is 0 Å². The van der Waals surface area contributed by atoms with Crippen LogP contribution in [0.25, 0.3) is 6.20 Å². The molecule has 1 aromatic rings. The van der Waals surface area contributed by atoms with E-state index in [2.05, 4.69) is 6.58 Å². The van der Waals surface area contributed by atoms with Gasteiger partial charge in [-0.25, -0.2) is 9.13 Å². The lowest BCUT2D eigenvalue weighted by molar-refractivity contribution is -0.672. The summed E-state index contributed by atoms with van der Waals surface area (Å²) in [5, 5.41) is 0. The molecule has 1 heterocycles. The monoisotopic (exact) mass is 172 g/mol. The molecule has 0 saturated heterocycles. The van der Waals surface area contributed by atoms with Crippen LogP contribution in [0.5, 0.6) is 0 Å². The van der Waals surface area contributed by atoms with Gasteiger partial charge in [0, 0.05) is 0 Å². The van der Waals surface area contributed by atoms with Gasteiger partial charge in [-0.1, -0.05) is 6.58 Å². The predicted octanol–water partition coefficient (Wildman–Crippen LogP) is -2.77. The first-order valence-electron chi connectivity index (χ1n) is 2.93. The number of aryl methyl sites for hydroxylation is 1. The van der Waals surface area contributed by atoms with Crippen molar-refractivity contribution in [2.24, 2.45) is 7.05 Å². The summed E-state index contributed by atoms with van der Waals surface area (Å²) in [7, 11) is 1.81. The number of aldehydes is 1. The Morgan fingerprint density at radius 1 is 1.73 bits per heavy atom. The van der Waals surface area contributed by atoms with Crippen molar-refractivity contribution in [2.45, 2.75) is 0 Å². The SMILES string of the molecule is C=Cn1cc[n+](C)c1C=O.[Cl-]. The van der Waals surface area contributed by atoms with Crippen LogP contribution in [0.1, 0.15) is 10.6 Å². The largest absolute Gasteiger partial charge is 1.00 e. The van der Waals surface area contributed by atoms with Gasteiger partial charge < -0.3 is 12.4 Å². The Hall–Kier alpha value is -1.09. The Bertz CT molecular complexity index is 267. The van der Waals surface area contributed by atoms with Crippen LogP contribution in [0.3, 0.4) is 0 Å². The maximum Gasteiger partial charge on any atom is 0.326 e. The molecule has 0 N–H and O–H groups in total. The molecule has 0 radical (unpaired) electrons. The smallest absolute Gasteiger partial charge is 0.326 e. The van der Waals surface area contributed by atoms with Crippen molar-refractivity contribution >= 4 is 12.5 Å². The van der Waals surface area contributed by atoms with E-state index in [4.69, 9.17) is 0 Å². The highest BCUT2D eigenvalue weighted by atomic mass is 35.5. The first kappa shape index (κ1) is 9.91. The van der Waals surface area contributed by atoms with Crippen molar-refractivity contribution < 1.29 is 21.8 Å². The van der Waals surface area contributed by atoms with E-state index in [0.29, 0.717) is 5.82 Å². The minimum Gasteiger partial charge on any atom is -1.00 e. The number of aromatic nitrogens is 2. The maximum atomic E-state index is 10.4. The fourth-order valence-electron chi connectivity index (χ4n) is 0.805. The van der Waals surface area contributed by atoms with Crippen LogP contribution in [-0.4, -0.2) is 10.9 Å². The zero-order valence-corrected chi connectivity index (χ0v) is 6.95. The first-order valence-corrected chi connectivity index (χ1v) is 2.93. The minimum absolute atomic E-state index is 0. The van der Waals surface area contributed by atoms with E-state index in [1.54, 1.807) is 27.7 Å². The lowest BCUT2D eigenvalue weighted by Gasteiger charge is -1.85. The van der Waals surface area contributed by atoms with E-state index in [1.165, 1.54) is 0 Å². The van der Waals surface area contributed by atoms with Gasteiger partial charge >= 0.3 is 5.82 Å². The van der Waals surface area contributed by atoms with Crippen molar-refractivity contribution in [1.29, 1.82) is 0 Å². The highest BCUT2D eigenvalue weighted by Crippen LogP contribution is 1.89. The van der Waals surface area contributed by atoms with Crippen molar-refractivity contribution in [2.75, 3.05) is 0 Å². The second-order valence-corrected chi connectivity index (χ2v) is 1.97. The second kappa shape index (κ2) is 3.93. The maximum absolute atomic E-state index is 10.4. The fourth-order valence-corrected chi connectivity index (χ4v) is 0.805. The van der Waals surface area contributed by atoms with Crippen molar-refractivity contribution in [3.05, 3.63) is 24.8 Å². The third kappa shape index (κ3) is 1.68. The molecule has 1 rings (SSSR count). The Kier molecular flexibility index (Phi) is 3.54. The minimum atomic E-state index is 0. The van der Waals surface area contributed by atoms with Gasteiger partial charge in [-0.2, -0.15) is 0 Å². The molecule has 0 saturated carbocycles.